The first-order chi connectivity index (χ1) is 10.5. The van der Waals surface area contributed by atoms with E-state index in [4.69, 9.17) is 0 Å². The number of anilines is 2. The summed E-state index contributed by atoms with van der Waals surface area (Å²) in [6.45, 7) is 0. The van der Waals surface area contributed by atoms with Crippen molar-refractivity contribution in [2.24, 2.45) is 0 Å². The Morgan fingerprint density at radius 3 is 2.55 bits per heavy atom. The maximum Gasteiger partial charge on any atom is 0.257 e. The Balaban J connectivity index is 1.94. The predicted octanol–water partition coefficient (Wildman–Crippen LogP) is 4.93. The summed E-state index contributed by atoms with van der Waals surface area (Å²) in [4.78, 5) is 12.1. The van der Waals surface area contributed by atoms with E-state index >= 15 is 0 Å². The molecule has 0 saturated carbocycles. The van der Waals surface area contributed by atoms with Gasteiger partial charge in [0.1, 0.15) is 5.75 Å². The van der Waals surface area contributed by atoms with Gasteiger partial charge in [-0.05, 0) is 84.8 Å². The molecule has 0 aromatic heterocycles. The Labute approximate surface area is 157 Å². The van der Waals surface area contributed by atoms with Crippen LogP contribution in [0, 0.1) is 3.57 Å². The van der Waals surface area contributed by atoms with Gasteiger partial charge in [-0.15, -0.1) is 0 Å². The third kappa shape index (κ3) is 3.02. The summed E-state index contributed by atoms with van der Waals surface area (Å²) in [5.74, 6) is -0.00174. The average Bonchev–Trinajstić information content (AvgIpc) is 2.77. The highest BCUT2D eigenvalue weighted by atomic mass is 127. The van der Waals surface area contributed by atoms with Crippen LogP contribution in [0.25, 0.3) is 5.57 Å². The summed E-state index contributed by atoms with van der Waals surface area (Å²) >= 11 is 8.77. The molecule has 0 fully saturated rings. The van der Waals surface area contributed by atoms with Crippen LogP contribution < -0.4 is 10.6 Å². The normalized spacial score (nSPS) is 14.9. The number of hydrogen-bond acceptors (Lipinski definition) is 3. The molecular formula is C15H9Br2IN2O2. The number of nitrogens with one attached hydrogen (secondary N) is 2. The fourth-order valence-corrected chi connectivity index (χ4v) is 3.79. The second kappa shape index (κ2) is 6.21. The van der Waals surface area contributed by atoms with Crippen LogP contribution in [0.5, 0.6) is 5.75 Å². The lowest BCUT2D eigenvalue weighted by Gasteiger charge is -2.06. The third-order valence-corrected chi connectivity index (χ3v) is 5.04. The molecule has 1 heterocycles. The van der Waals surface area contributed by atoms with E-state index in [1.807, 2.05) is 18.2 Å². The topological polar surface area (TPSA) is 61.4 Å². The van der Waals surface area contributed by atoms with Gasteiger partial charge >= 0.3 is 0 Å². The highest BCUT2D eigenvalue weighted by Gasteiger charge is 2.24. The molecule has 0 unspecified atom stereocenters. The molecular weight excluding hydrogens is 527 g/mol. The number of phenols is 1. The Hall–Kier alpha value is -1.06. The zero-order chi connectivity index (χ0) is 15.9. The van der Waals surface area contributed by atoms with Gasteiger partial charge in [-0.3, -0.25) is 4.79 Å². The van der Waals surface area contributed by atoms with E-state index in [2.05, 4.69) is 65.1 Å². The largest absolute Gasteiger partial charge is 0.506 e. The van der Waals surface area contributed by atoms with Gasteiger partial charge in [-0.2, -0.15) is 0 Å². The molecule has 3 N–H and O–H groups in total. The van der Waals surface area contributed by atoms with Crippen molar-refractivity contribution in [2.75, 3.05) is 10.6 Å². The lowest BCUT2D eigenvalue weighted by atomic mass is 10.1. The molecule has 4 nitrogen and oxygen atoms in total. The number of carbonyl (C=O) groups excluding carboxylic acids is 1. The van der Waals surface area contributed by atoms with Crippen molar-refractivity contribution in [2.45, 2.75) is 0 Å². The molecule has 7 heteroatoms. The Kier molecular flexibility index (Phi) is 4.47. The van der Waals surface area contributed by atoms with E-state index in [1.165, 1.54) is 0 Å². The maximum atomic E-state index is 12.1. The summed E-state index contributed by atoms with van der Waals surface area (Å²) < 4.78 is 2.19. The van der Waals surface area contributed by atoms with Crippen LogP contribution in [0.15, 0.2) is 45.5 Å². The van der Waals surface area contributed by atoms with E-state index in [-0.39, 0.29) is 11.7 Å². The first-order valence-electron chi connectivity index (χ1n) is 6.21. The summed E-state index contributed by atoms with van der Waals surface area (Å²) in [7, 11) is 0. The van der Waals surface area contributed by atoms with Gasteiger partial charge in [0.15, 0.2) is 0 Å². The van der Waals surface area contributed by atoms with Crippen LogP contribution >= 0.6 is 54.5 Å². The molecule has 0 saturated heterocycles. The molecule has 3 rings (SSSR count). The Bertz CT molecular complexity index is 798. The minimum atomic E-state index is -0.138. The number of phenolic OH excluding ortho intramolecular Hbond substituents is 1. The van der Waals surface area contributed by atoms with Crippen LogP contribution in [0.4, 0.5) is 11.4 Å². The fraction of sp³-hybridized carbons (Fsp3) is 0. The average molecular weight is 536 g/mol. The van der Waals surface area contributed by atoms with Gasteiger partial charge in [0.25, 0.3) is 5.91 Å². The van der Waals surface area contributed by atoms with E-state index in [0.29, 0.717) is 14.5 Å². The molecule has 112 valence electrons. The quantitative estimate of drug-likeness (QED) is 0.290. The van der Waals surface area contributed by atoms with Crippen LogP contribution in [0.3, 0.4) is 0 Å². The van der Waals surface area contributed by atoms with E-state index < -0.39 is 0 Å². The number of hydrogen-bond donors (Lipinski definition) is 3. The van der Waals surface area contributed by atoms with Gasteiger partial charge in [0.2, 0.25) is 0 Å². The highest BCUT2D eigenvalue weighted by molar-refractivity contribution is 14.1. The minimum absolute atomic E-state index is 0.136. The van der Waals surface area contributed by atoms with Crippen LogP contribution in [0.1, 0.15) is 5.56 Å². The zero-order valence-corrected chi connectivity index (χ0v) is 16.3. The van der Waals surface area contributed by atoms with Crippen LogP contribution in [0.2, 0.25) is 0 Å². The van der Waals surface area contributed by atoms with Crippen molar-refractivity contribution in [1.29, 1.82) is 0 Å². The fourth-order valence-electron chi connectivity index (χ4n) is 2.11. The number of benzene rings is 2. The molecule has 0 radical (unpaired) electrons. The number of rotatable bonds is 2. The molecule has 2 aromatic rings. The smallest absolute Gasteiger partial charge is 0.257 e. The Morgan fingerprint density at radius 1 is 1.18 bits per heavy atom. The first kappa shape index (κ1) is 15.8. The minimum Gasteiger partial charge on any atom is -0.506 e. The van der Waals surface area contributed by atoms with E-state index in [1.54, 1.807) is 18.3 Å². The lowest BCUT2D eigenvalue weighted by molar-refractivity contribution is -0.110. The second-order valence-electron chi connectivity index (χ2n) is 4.63. The number of aromatic hydroxyl groups is 1. The number of fused-ring (bicyclic) bond motifs is 1. The summed E-state index contributed by atoms with van der Waals surface area (Å²) in [6, 6.07) is 9.27. The zero-order valence-electron chi connectivity index (χ0n) is 11.0. The first-order valence-corrected chi connectivity index (χ1v) is 8.88. The lowest BCUT2D eigenvalue weighted by Crippen LogP contribution is -2.05. The molecule has 2 aromatic carbocycles. The number of carbonyl (C=O) groups is 1. The SMILES string of the molecule is O=C1Nc2ccc(I)cc2/C1=C/Nc1cc(Br)c(O)c(Br)c1. The molecule has 0 aliphatic carbocycles. The summed E-state index contributed by atoms with van der Waals surface area (Å²) in [5, 5.41) is 15.6. The van der Waals surface area contributed by atoms with Crippen LogP contribution in [-0.2, 0) is 4.79 Å². The highest BCUT2D eigenvalue weighted by Crippen LogP contribution is 2.36. The van der Waals surface area contributed by atoms with Crippen molar-refractivity contribution in [3.63, 3.8) is 0 Å². The molecule has 1 aliphatic rings. The van der Waals surface area contributed by atoms with Crippen molar-refractivity contribution in [3.05, 3.63) is 54.6 Å². The van der Waals surface area contributed by atoms with Gasteiger partial charge in [0, 0.05) is 26.7 Å². The Morgan fingerprint density at radius 2 is 1.86 bits per heavy atom. The van der Waals surface area contributed by atoms with Gasteiger partial charge in [-0.25, -0.2) is 0 Å². The molecule has 1 amide bonds. The monoisotopic (exact) mass is 534 g/mol. The number of amides is 1. The standard InChI is InChI=1S/C15H9Br2IN2O2/c16-11-4-8(5-12(17)14(11)21)19-6-10-9-3-7(18)1-2-13(9)20-15(10)22/h1-6,19,21H,(H,20,22)/b10-6-. The maximum absolute atomic E-state index is 12.1. The van der Waals surface area contributed by atoms with Crippen molar-refractivity contribution in [1.82, 2.24) is 0 Å². The molecule has 0 atom stereocenters. The third-order valence-electron chi connectivity index (χ3n) is 3.16. The number of halogens is 3. The van der Waals surface area contributed by atoms with Gasteiger partial charge < -0.3 is 15.7 Å². The van der Waals surface area contributed by atoms with E-state index in [9.17, 15) is 9.90 Å². The van der Waals surface area contributed by atoms with E-state index in [0.717, 1.165) is 20.5 Å². The molecule has 0 spiro atoms. The van der Waals surface area contributed by atoms with Crippen molar-refractivity contribution in [3.8, 4) is 5.75 Å². The molecule has 0 bridgehead atoms. The summed E-state index contributed by atoms with van der Waals surface area (Å²) in [6.07, 6.45) is 1.67. The van der Waals surface area contributed by atoms with Crippen molar-refractivity contribution >= 4 is 77.3 Å². The van der Waals surface area contributed by atoms with Gasteiger partial charge in [0.05, 0.1) is 14.5 Å². The summed E-state index contributed by atoms with van der Waals surface area (Å²) in [5.41, 5.74) is 3.01. The molecule has 1 aliphatic heterocycles. The second-order valence-corrected chi connectivity index (χ2v) is 7.59. The predicted molar refractivity (Wildman–Crippen MR) is 103 cm³/mol. The van der Waals surface area contributed by atoms with Crippen LogP contribution in [-0.4, -0.2) is 11.0 Å². The van der Waals surface area contributed by atoms with Gasteiger partial charge in [-0.1, -0.05) is 0 Å². The molecule has 22 heavy (non-hydrogen) atoms. The van der Waals surface area contributed by atoms with Crippen molar-refractivity contribution < 1.29 is 9.90 Å².